The van der Waals surface area contributed by atoms with Gasteiger partial charge in [0.25, 0.3) is 0 Å². The molecule has 1 aliphatic heterocycles. The molecule has 1 fully saturated rings. The molecule has 0 radical (unpaired) electrons. The number of ether oxygens (including phenoxy) is 1. The quantitative estimate of drug-likeness (QED) is 0.632. The summed E-state index contributed by atoms with van der Waals surface area (Å²) in [4.78, 5) is 11.5. The molecule has 3 nitrogen and oxygen atoms in total. The van der Waals surface area contributed by atoms with E-state index in [1.807, 2.05) is 13.8 Å². The predicted octanol–water partition coefficient (Wildman–Crippen LogP) is 0.714. The van der Waals surface area contributed by atoms with Crippen LogP contribution in [0.25, 0.3) is 0 Å². The minimum atomic E-state index is -0.308. The summed E-state index contributed by atoms with van der Waals surface area (Å²) in [7, 11) is 0. The molecule has 0 spiro atoms. The molecule has 1 atom stereocenters. The van der Waals surface area contributed by atoms with Crippen molar-refractivity contribution in [2.45, 2.75) is 19.9 Å². The van der Waals surface area contributed by atoms with Crippen LogP contribution in [0.3, 0.4) is 0 Å². The van der Waals surface area contributed by atoms with Crippen LogP contribution in [0, 0.1) is 5.41 Å². The van der Waals surface area contributed by atoms with Crippen molar-refractivity contribution in [1.82, 2.24) is 5.32 Å². The average Bonchev–Trinajstić information content (AvgIpc) is 1.99. The second-order valence-corrected chi connectivity index (χ2v) is 3.55. The van der Waals surface area contributed by atoms with Crippen LogP contribution in [0.1, 0.15) is 13.8 Å². The Bertz CT molecular complexity index is 197. The lowest BCUT2D eigenvalue weighted by atomic mass is 9.87. The molecule has 1 amide bonds. The molecule has 1 N–H and O–H groups in total. The van der Waals surface area contributed by atoms with Crippen LogP contribution in [-0.2, 0) is 9.53 Å². The van der Waals surface area contributed by atoms with Gasteiger partial charge in [-0.05, 0) is 13.8 Å². The summed E-state index contributed by atoms with van der Waals surface area (Å²) in [5, 5.41) is 2.84. The first kappa shape index (κ1) is 9.26. The highest BCUT2D eigenvalue weighted by Gasteiger charge is 2.41. The molecular formula is C9H15NO2. The lowest BCUT2D eigenvalue weighted by molar-refractivity contribution is -0.157. The van der Waals surface area contributed by atoms with Crippen molar-refractivity contribution in [2.24, 2.45) is 5.41 Å². The van der Waals surface area contributed by atoms with Crippen molar-refractivity contribution in [2.75, 3.05) is 13.2 Å². The molecular weight excluding hydrogens is 154 g/mol. The summed E-state index contributed by atoms with van der Waals surface area (Å²) in [5.74, 6) is 0.0566. The molecule has 1 heterocycles. The number of hydrogen-bond acceptors (Lipinski definition) is 2. The van der Waals surface area contributed by atoms with E-state index in [1.54, 1.807) is 6.08 Å². The van der Waals surface area contributed by atoms with Gasteiger partial charge < -0.3 is 10.1 Å². The number of rotatable bonds is 3. The first-order valence-corrected chi connectivity index (χ1v) is 4.10. The van der Waals surface area contributed by atoms with E-state index in [4.69, 9.17) is 4.74 Å². The van der Waals surface area contributed by atoms with Crippen LogP contribution in [-0.4, -0.2) is 25.2 Å². The third-order valence-electron chi connectivity index (χ3n) is 2.10. The van der Waals surface area contributed by atoms with Gasteiger partial charge in [-0.2, -0.15) is 0 Å². The second-order valence-electron chi connectivity index (χ2n) is 3.55. The smallest absolute Gasteiger partial charge is 0.231 e. The first-order chi connectivity index (χ1) is 5.58. The van der Waals surface area contributed by atoms with E-state index < -0.39 is 0 Å². The van der Waals surface area contributed by atoms with Gasteiger partial charge >= 0.3 is 0 Å². The fourth-order valence-corrected chi connectivity index (χ4v) is 0.979. The Hall–Kier alpha value is -0.830. The lowest BCUT2D eigenvalue weighted by Gasteiger charge is -2.36. The van der Waals surface area contributed by atoms with Crippen LogP contribution >= 0.6 is 0 Å². The van der Waals surface area contributed by atoms with Gasteiger partial charge in [0, 0.05) is 6.04 Å². The summed E-state index contributed by atoms with van der Waals surface area (Å²) in [5.41, 5.74) is -0.308. The molecule has 0 aliphatic carbocycles. The van der Waals surface area contributed by atoms with Crippen molar-refractivity contribution in [3.8, 4) is 0 Å². The van der Waals surface area contributed by atoms with Crippen LogP contribution in [0.4, 0.5) is 0 Å². The van der Waals surface area contributed by atoms with Gasteiger partial charge in [0.05, 0.1) is 18.6 Å². The maximum absolute atomic E-state index is 11.5. The fraction of sp³-hybridized carbons (Fsp3) is 0.667. The van der Waals surface area contributed by atoms with Crippen molar-refractivity contribution in [3.63, 3.8) is 0 Å². The first-order valence-electron chi connectivity index (χ1n) is 4.10. The van der Waals surface area contributed by atoms with E-state index in [-0.39, 0.29) is 17.4 Å². The van der Waals surface area contributed by atoms with Crippen LogP contribution in [0.15, 0.2) is 12.7 Å². The number of hydrogen-bond donors (Lipinski definition) is 1. The predicted molar refractivity (Wildman–Crippen MR) is 46.7 cm³/mol. The normalized spacial score (nSPS) is 22.2. The molecule has 0 aromatic rings. The lowest BCUT2D eigenvalue weighted by Crippen LogP contribution is -2.53. The minimum absolute atomic E-state index is 0.0370. The molecule has 1 saturated heterocycles. The summed E-state index contributed by atoms with van der Waals surface area (Å²) >= 11 is 0. The van der Waals surface area contributed by atoms with E-state index in [1.165, 1.54) is 0 Å². The van der Waals surface area contributed by atoms with Crippen molar-refractivity contribution in [3.05, 3.63) is 12.7 Å². The average molecular weight is 169 g/mol. The number of carbonyl (C=O) groups is 1. The highest BCUT2D eigenvalue weighted by Crippen LogP contribution is 2.26. The van der Waals surface area contributed by atoms with E-state index in [0.717, 1.165) is 0 Å². The summed E-state index contributed by atoms with van der Waals surface area (Å²) < 4.78 is 4.99. The third kappa shape index (κ3) is 1.67. The standard InChI is InChI=1S/C9H15NO2/c1-4-7(2)10-8(11)9(3)5-12-6-9/h4,7H,1,5-6H2,2-3H3,(H,10,11). The number of amides is 1. The Morgan fingerprint density at radius 1 is 1.75 bits per heavy atom. The van der Waals surface area contributed by atoms with Gasteiger partial charge in [-0.3, -0.25) is 4.79 Å². The van der Waals surface area contributed by atoms with Crippen LogP contribution in [0.2, 0.25) is 0 Å². The summed E-state index contributed by atoms with van der Waals surface area (Å²) in [6.45, 7) is 8.46. The number of carbonyl (C=O) groups excluding carboxylic acids is 1. The highest BCUT2D eigenvalue weighted by atomic mass is 16.5. The second kappa shape index (κ2) is 3.27. The van der Waals surface area contributed by atoms with Crippen LogP contribution < -0.4 is 5.32 Å². The maximum atomic E-state index is 11.5. The molecule has 68 valence electrons. The van der Waals surface area contributed by atoms with E-state index in [0.29, 0.717) is 13.2 Å². The minimum Gasteiger partial charge on any atom is -0.379 e. The van der Waals surface area contributed by atoms with Crippen LogP contribution in [0.5, 0.6) is 0 Å². The zero-order chi connectivity index (χ0) is 9.19. The van der Waals surface area contributed by atoms with Gasteiger partial charge in [-0.15, -0.1) is 6.58 Å². The van der Waals surface area contributed by atoms with Crippen molar-refractivity contribution in [1.29, 1.82) is 0 Å². The van der Waals surface area contributed by atoms with Gasteiger partial charge in [-0.25, -0.2) is 0 Å². The SMILES string of the molecule is C=CC(C)NC(=O)C1(C)COC1. The zero-order valence-electron chi connectivity index (χ0n) is 7.59. The monoisotopic (exact) mass is 169 g/mol. The van der Waals surface area contributed by atoms with Crippen molar-refractivity contribution >= 4 is 5.91 Å². The fourth-order valence-electron chi connectivity index (χ4n) is 0.979. The molecule has 0 aromatic carbocycles. The molecule has 0 bridgehead atoms. The molecule has 0 aromatic heterocycles. The zero-order valence-corrected chi connectivity index (χ0v) is 7.59. The van der Waals surface area contributed by atoms with Crippen molar-refractivity contribution < 1.29 is 9.53 Å². The molecule has 1 rings (SSSR count). The third-order valence-corrected chi connectivity index (χ3v) is 2.10. The Kier molecular flexibility index (Phi) is 2.52. The molecule has 12 heavy (non-hydrogen) atoms. The van der Waals surface area contributed by atoms with E-state index in [2.05, 4.69) is 11.9 Å². The highest BCUT2D eigenvalue weighted by molar-refractivity contribution is 5.83. The largest absolute Gasteiger partial charge is 0.379 e. The molecule has 0 saturated carbocycles. The Morgan fingerprint density at radius 3 is 2.67 bits per heavy atom. The Morgan fingerprint density at radius 2 is 2.33 bits per heavy atom. The molecule has 3 heteroatoms. The topological polar surface area (TPSA) is 38.3 Å². The molecule has 1 unspecified atom stereocenters. The summed E-state index contributed by atoms with van der Waals surface area (Å²) in [6.07, 6.45) is 1.71. The van der Waals surface area contributed by atoms with Gasteiger partial charge in [-0.1, -0.05) is 6.08 Å². The maximum Gasteiger partial charge on any atom is 0.231 e. The van der Waals surface area contributed by atoms with Gasteiger partial charge in [0.2, 0.25) is 5.91 Å². The Balaban J connectivity index is 2.42. The van der Waals surface area contributed by atoms with E-state index >= 15 is 0 Å². The Labute approximate surface area is 72.8 Å². The molecule has 1 aliphatic rings. The summed E-state index contributed by atoms with van der Waals surface area (Å²) in [6, 6.07) is 0.0370. The van der Waals surface area contributed by atoms with Gasteiger partial charge in [0.15, 0.2) is 0 Å². The number of nitrogens with one attached hydrogen (secondary N) is 1. The van der Waals surface area contributed by atoms with E-state index in [9.17, 15) is 4.79 Å². The van der Waals surface area contributed by atoms with Gasteiger partial charge in [0.1, 0.15) is 0 Å².